The van der Waals surface area contributed by atoms with Gasteiger partial charge in [-0.3, -0.25) is 0 Å². The summed E-state index contributed by atoms with van der Waals surface area (Å²) in [5.41, 5.74) is -3.50. The molecule has 114 valence electrons. The second kappa shape index (κ2) is 6.69. The van der Waals surface area contributed by atoms with Crippen molar-refractivity contribution >= 4 is 8.80 Å². The van der Waals surface area contributed by atoms with Crippen molar-refractivity contribution in [1.29, 1.82) is 0 Å². The molecule has 0 aliphatic rings. The van der Waals surface area contributed by atoms with E-state index < -0.39 is 39.3 Å². The van der Waals surface area contributed by atoms with Gasteiger partial charge in [-0.1, -0.05) is 43.4 Å². The molecule has 0 saturated heterocycles. The first-order chi connectivity index (χ1) is 9.18. The molecule has 0 bridgehead atoms. The molecule has 1 aromatic rings. The summed E-state index contributed by atoms with van der Waals surface area (Å²) in [6.07, 6.45) is -3.73. The lowest BCUT2D eigenvalue weighted by atomic mass is 10.0. The van der Waals surface area contributed by atoms with Crippen molar-refractivity contribution in [3.8, 4) is 0 Å². The molecular weight excluding hydrogens is 291 g/mol. The van der Waals surface area contributed by atoms with Gasteiger partial charge in [-0.15, -0.1) is 0 Å². The molecule has 0 aromatic heterocycles. The molecule has 1 aromatic carbocycles. The van der Waals surface area contributed by atoms with Crippen LogP contribution in [0.2, 0.25) is 13.1 Å². The summed E-state index contributed by atoms with van der Waals surface area (Å²) in [4.78, 5) is 0. The van der Waals surface area contributed by atoms with Gasteiger partial charge in [-0.25, -0.2) is 22.0 Å². The molecule has 1 atom stereocenters. The van der Waals surface area contributed by atoms with Crippen molar-refractivity contribution in [3.05, 3.63) is 35.9 Å². The van der Waals surface area contributed by atoms with Gasteiger partial charge in [0.25, 0.3) is 11.5 Å². The number of rotatable bonds is 7. The highest BCUT2D eigenvalue weighted by molar-refractivity contribution is 6.58. The highest BCUT2D eigenvalue weighted by atomic mass is 28.3. The third kappa shape index (κ3) is 4.29. The van der Waals surface area contributed by atoms with Gasteiger partial charge in [0, 0.05) is 12.0 Å². The number of alkyl halides is 5. The summed E-state index contributed by atoms with van der Waals surface area (Å²) in [7, 11) is -2.48. The minimum atomic E-state index is -3.33. The smallest absolute Gasteiger partial charge is 0.241 e. The second-order valence-electron chi connectivity index (χ2n) is 5.26. The van der Waals surface area contributed by atoms with Gasteiger partial charge in [0.15, 0.2) is 6.17 Å². The highest BCUT2D eigenvalue weighted by Crippen LogP contribution is 2.35. The molecule has 0 heterocycles. The maximum atomic E-state index is 13.8. The third-order valence-corrected chi connectivity index (χ3v) is 5.23. The van der Waals surface area contributed by atoms with Gasteiger partial charge >= 0.3 is 0 Å². The number of benzene rings is 1. The highest BCUT2D eigenvalue weighted by Gasteiger charge is 2.43. The van der Waals surface area contributed by atoms with Gasteiger partial charge in [0.05, 0.1) is 0 Å². The summed E-state index contributed by atoms with van der Waals surface area (Å²) in [5.74, 6) is -3.11. The van der Waals surface area contributed by atoms with Crippen LogP contribution < -0.4 is 0 Å². The van der Waals surface area contributed by atoms with Crippen molar-refractivity contribution < 1.29 is 22.0 Å². The van der Waals surface area contributed by atoms with Gasteiger partial charge < -0.3 is 0 Å². The van der Waals surface area contributed by atoms with Crippen molar-refractivity contribution in [1.82, 2.24) is 0 Å². The molecule has 0 aliphatic carbocycles. The van der Waals surface area contributed by atoms with Crippen molar-refractivity contribution in [2.24, 2.45) is 0 Å². The molecule has 0 saturated carbocycles. The van der Waals surface area contributed by atoms with E-state index in [1.807, 2.05) is 0 Å². The summed E-state index contributed by atoms with van der Waals surface area (Å²) >= 11 is 0. The third-order valence-electron chi connectivity index (χ3n) is 3.33. The van der Waals surface area contributed by atoms with Gasteiger partial charge in [-0.05, 0) is 12.8 Å². The van der Waals surface area contributed by atoms with Crippen LogP contribution in [0.4, 0.5) is 22.0 Å². The summed E-state index contributed by atoms with van der Waals surface area (Å²) in [5, 5.41) is 0. The Morgan fingerprint density at radius 2 is 1.60 bits per heavy atom. The van der Waals surface area contributed by atoms with Gasteiger partial charge in [0.2, 0.25) is 0 Å². The van der Waals surface area contributed by atoms with E-state index in [0.717, 1.165) is 0 Å². The standard InChI is InChI=1S/C14H19F5Si/c1-20(2)14(18,19)12(15)9-6-10-13(16,17)11-7-4-3-5-8-11/h3-5,7-8,12,20H,6,9-10H2,1-2H3. The van der Waals surface area contributed by atoms with Gasteiger partial charge in [-0.2, -0.15) is 0 Å². The van der Waals surface area contributed by atoms with Crippen molar-refractivity contribution in [2.45, 2.75) is 50.0 Å². The predicted molar refractivity (Wildman–Crippen MR) is 72.9 cm³/mol. The molecule has 0 amide bonds. The van der Waals surface area contributed by atoms with Crippen LogP contribution in [0.1, 0.15) is 24.8 Å². The SMILES string of the molecule is C[SiH](C)C(F)(F)C(F)CCCC(F)(F)c1ccccc1. The molecule has 20 heavy (non-hydrogen) atoms. The minimum absolute atomic E-state index is 0.166. The van der Waals surface area contributed by atoms with E-state index in [4.69, 9.17) is 0 Å². The van der Waals surface area contributed by atoms with Crippen molar-refractivity contribution in [3.63, 3.8) is 0 Å². The summed E-state index contributed by atoms with van der Waals surface area (Å²) in [6.45, 7) is 2.70. The molecule has 0 aliphatic heterocycles. The Morgan fingerprint density at radius 3 is 2.10 bits per heavy atom. The van der Waals surface area contributed by atoms with Crippen LogP contribution in [0.3, 0.4) is 0 Å². The Morgan fingerprint density at radius 1 is 1.05 bits per heavy atom. The first-order valence-electron chi connectivity index (χ1n) is 6.63. The Labute approximate surface area is 117 Å². The summed E-state index contributed by atoms with van der Waals surface area (Å²) < 4.78 is 67.7. The normalized spacial score (nSPS) is 14.6. The van der Waals surface area contributed by atoms with Crippen LogP contribution >= 0.6 is 0 Å². The Kier molecular flexibility index (Phi) is 5.74. The number of hydrogen-bond donors (Lipinski definition) is 0. The largest absolute Gasteiger partial charge is 0.273 e. The molecule has 0 nitrogen and oxygen atoms in total. The van der Waals surface area contributed by atoms with Crippen LogP contribution in [0, 0.1) is 0 Å². The molecular formula is C14H19F5Si. The minimum Gasteiger partial charge on any atom is -0.241 e. The fraction of sp³-hybridized carbons (Fsp3) is 0.571. The Bertz CT molecular complexity index is 405. The average molecular weight is 310 g/mol. The molecule has 0 fully saturated rings. The molecule has 0 spiro atoms. The van der Waals surface area contributed by atoms with Crippen LogP contribution in [0.25, 0.3) is 0 Å². The molecule has 1 unspecified atom stereocenters. The average Bonchev–Trinajstić information content (AvgIpc) is 2.39. The second-order valence-corrected chi connectivity index (χ2v) is 8.34. The van der Waals surface area contributed by atoms with E-state index in [2.05, 4.69) is 0 Å². The predicted octanol–water partition coefficient (Wildman–Crippen LogP) is 4.95. The van der Waals surface area contributed by atoms with E-state index in [-0.39, 0.29) is 12.0 Å². The van der Waals surface area contributed by atoms with Gasteiger partial charge in [0.1, 0.15) is 8.80 Å². The fourth-order valence-electron chi connectivity index (χ4n) is 1.88. The van der Waals surface area contributed by atoms with Crippen LogP contribution in [-0.4, -0.2) is 20.5 Å². The maximum absolute atomic E-state index is 13.8. The quantitative estimate of drug-likeness (QED) is 0.494. The zero-order valence-corrected chi connectivity index (χ0v) is 12.7. The number of halogens is 5. The molecule has 1 rings (SSSR count). The first-order valence-corrected chi connectivity index (χ1v) is 9.52. The van der Waals surface area contributed by atoms with E-state index in [0.29, 0.717) is 0 Å². The lowest BCUT2D eigenvalue weighted by molar-refractivity contribution is -0.0304. The Balaban J connectivity index is 2.52. The van der Waals surface area contributed by atoms with E-state index in [1.54, 1.807) is 6.07 Å². The lowest BCUT2D eigenvalue weighted by Gasteiger charge is -2.24. The topological polar surface area (TPSA) is 0 Å². The van der Waals surface area contributed by atoms with E-state index >= 15 is 0 Å². The van der Waals surface area contributed by atoms with E-state index in [9.17, 15) is 22.0 Å². The zero-order valence-electron chi connectivity index (χ0n) is 11.6. The van der Waals surface area contributed by atoms with Crippen LogP contribution in [0.5, 0.6) is 0 Å². The number of hydrogen-bond acceptors (Lipinski definition) is 0. The Hall–Kier alpha value is -0.913. The van der Waals surface area contributed by atoms with Crippen LogP contribution in [0.15, 0.2) is 30.3 Å². The molecule has 0 radical (unpaired) electrons. The van der Waals surface area contributed by atoms with Crippen LogP contribution in [-0.2, 0) is 5.92 Å². The molecule has 6 heteroatoms. The zero-order chi connectivity index (χ0) is 15.4. The lowest BCUT2D eigenvalue weighted by Crippen LogP contribution is -2.42. The van der Waals surface area contributed by atoms with Crippen molar-refractivity contribution in [2.75, 3.05) is 0 Å². The first kappa shape index (κ1) is 17.1. The monoisotopic (exact) mass is 310 g/mol. The summed E-state index contributed by atoms with van der Waals surface area (Å²) in [6, 6.07) is 7.15. The maximum Gasteiger partial charge on any atom is 0.273 e. The van der Waals surface area contributed by atoms with E-state index in [1.165, 1.54) is 37.4 Å². The fourth-order valence-corrected chi connectivity index (χ4v) is 2.77. The molecule has 0 N–H and O–H groups in total.